The van der Waals surface area contributed by atoms with Gasteiger partial charge >= 0.3 is 17.9 Å². The SMILES string of the molecule is CO[C@H]1CC2C=C[C@H]3[C@H]4O[C@]2(/C(C)=C/[C@@H](C)[C@@H]([C@@H](C)OC(=O)c2ccccc2Cn2cc[n+](C)c2)OC1=O)[C@@H]3[C@H](O)[C@@H](C)[C@H]4OC(=O)C1=CC=CC1.[Br-]. The molecule has 1 saturated carbocycles. The van der Waals surface area contributed by atoms with Crippen LogP contribution in [0.15, 0.2) is 90.6 Å². The number of ether oxygens (including phenoxy) is 5. The number of allylic oxidation sites excluding steroid dienone is 3. The molecule has 53 heavy (non-hydrogen) atoms. The summed E-state index contributed by atoms with van der Waals surface area (Å²) in [6, 6.07) is 7.31. The fourth-order valence-electron chi connectivity index (χ4n) is 9.23. The second kappa shape index (κ2) is 15.5. The highest BCUT2D eigenvalue weighted by molar-refractivity contribution is 5.91. The van der Waals surface area contributed by atoms with Gasteiger partial charge in [0.2, 0.25) is 6.33 Å². The molecule has 1 unspecified atom stereocenters. The van der Waals surface area contributed by atoms with Gasteiger partial charge in [-0.2, -0.15) is 0 Å². The summed E-state index contributed by atoms with van der Waals surface area (Å²) in [5, 5.41) is 12.0. The summed E-state index contributed by atoms with van der Waals surface area (Å²) in [6.45, 7) is 8.03. The van der Waals surface area contributed by atoms with Crippen molar-refractivity contribution in [2.24, 2.45) is 36.6 Å². The molecule has 0 amide bonds. The van der Waals surface area contributed by atoms with Crippen molar-refractivity contribution in [3.63, 3.8) is 0 Å². The summed E-state index contributed by atoms with van der Waals surface area (Å²) in [5.74, 6) is -3.22. The van der Waals surface area contributed by atoms with E-state index >= 15 is 0 Å². The second-order valence-electron chi connectivity index (χ2n) is 15.1. The normalized spacial score (nSPS) is 35.9. The Morgan fingerprint density at radius 3 is 2.64 bits per heavy atom. The highest BCUT2D eigenvalue weighted by Gasteiger charge is 2.69. The Balaban J connectivity index is 0.00000481. The molecule has 11 nitrogen and oxygen atoms in total. The summed E-state index contributed by atoms with van der Waals surface area (Å²) in [4.78, 5) is 40.8. The predicted octanol–water partition coefficient (Wildman–Crippen LogP) is 1.19. The first-order valence-electron chi connectivity index (χ1n) is 18.3. The van der Waals surface area contributed by atoms with E-state index in [1.54, 1.807) is 25.1 Å². The van der Waals surface area contributed by atoms with Gasteiger partial charge in [0.1, 0.15) is 49.0 Å². The van der Waals surface area contributed by atoms with Gasteiger partial charge in [0.05, 0.1) is 18.7 Å². The topological polar surface area (TPSA) is 126 Å². The molecule has 12 heteroatoms. The minimum Gasteiger partial charge on any atom is -1.00 e. The van der Waals surface area contributed by atoms with Crippen LogP contribution in [0, 0.1) is 29.6 Å². The van der Waals surface area contributed by atoms with Gasteiger partial charge in [0, 0.05) is 47.8 Å². The summed E-state index contributed by atoms with van der Waals surface area (Å²) >= 11 is 0. The van der Waals surface area contributed by atoms with Crippen molar-refractivity contribution in [3.05, 3.63) is 102 Å². The summed E-state index contributed by atoms with van der Waals surface area (Å²) in [7, 11) is 3.40. The molecule has 1 aromatic carbocycles. The predicted molar refractivity (Wildman–Crippen MR) is 188 cm³/mol. The number of rotatable bonds is 8. The number of benzene rings is 1. The first kappa shape index (κ1) is 38.9. The molecule has 1 N–H and O–H groups in total. The van der Waals surface area contributed by atoms with Crippen LogP contribution in [0.25, 0.3) is 0 Å². The number of aromatic nitrogens is 2. The van der Waals surface area contributed by atoms with Crippen molar-refractivity contribution in [2.45, 2.75) is 89.3 Å². The second-order valence-corrected chi connectivity index (χ2v) is 15.1. The molecule has 12 atom stereocenters. The lowest BCUT2D eigenvalue weighted by atomic mass is 9.57. The molecule has 1 spiro atoms. The van der Waals surface area contributed by atoms with Crippen molar-refractivity contribution in [3.8, 4) is 0 Å². The number of carbonyl (C=O) groups is 3. The van der Waals surface area contributed by atoms with Crippen molar-refractivity contribution >= 4 is 17.9 Å². The molecule has 5 aliphatic rings. The number of aliphatic hydroxyl groups is 1. The van der Waals surface area contributed by atoms with Gasteiger partial charge in [-0.15, -0.1) is 0 Å². The number of imidazole rings is 1. The number of aryl methyl sites for hydroxylation is 1. The molecule has 3 aliphatic carbocycles. The van der Waals surface area contributed by atoms with Gasteiger partial charge in [-0.1, -0.05) is 68.5 Å². The lowest BCUT2D eigenvalue weighted by molar-refractivity contribution is -0.671. The Morgan fingerprint density at radius 2 is 1.94 bits per heavy atom. The summed E-state index contributed by atoms with van der Waals surface area (Å²) in [6.07, 6.45) is 13.5. The molecule has 2 aromatic rings. The van der Waals surface area contributed by atoms with Crippen molar-refractivity contribution in [1.29, 1.82) is 0 Å². The standard InChI is InChI=1S/C41H49N2O9.BrH/c1-23-19-24(2)41-29(15-16-31-33(41)34(44)25(3)36(37(31)52-41)51-38(45)27-11-7-8-12-27)20-32(48-6)40(47)50-35(23)26(4)49-39(46)30-14-10-9-13-28(30)21-43-18-17-42(5)22-43;/h7-11,13-19,22-23,25-26,29,31-37,44H,12,20-21H2,1-6H3;1H/q+1;/p-1/b24-19+;/t23-,25-,26-,29?,31-,32+,33+,34-,35+,36-,37-,41+;/m1./s1. The highest BCUT2D eigenvalue weighted by Crippen LogP contribution is 2.61. The number of aliphatic hydroxyl groups excluding tert-OH is 1. The quantitative estimate of drug-likeness (QED) is 0.182. The maximum absolute atomic E-state index is 13.8. The van der Waals surface area contributed by atoms with E-state index < -0.39 is 72.0 Å². The molecule has 7 rings (SSSR count). The van der Waals surface area contributed by atoms with E-state index in [2.05, 4.69) is 12.2 Å². The summed E-state index contributed by atoms with van der Waals surface area (Å²) < 4.78 is 35.1. The van der Waals surface area contributed by atoms with Gasteiger partial charge < -0.3 is 45.8 Å². The fraction of sp³-hybridized carbons (Fsp3) is 0.512. The van der Waals surface area contributed by atoms with Crippen molar-refractivity contribution < 1.29 is 64.7 Å². The number of hydrogen-bond acceptors (Lipinski definition) is 9. The Labute approximate surface area is 321 Å². The number of nitrogens with zero attached hydrogens (tertiary/aromatic N) is 2. The third-order valence-electron chi connectivity index (χ3n) is 11.8. The van der Waals surface area contributed by atoms with E-state index in [1.807, 2.05) is 86.0 Å². The minimum absolute atomic E-state index is 0. The highest BCUT2D eigenvalue weighted by atomic mass is 79.9. The molecule has 4 bridgehead atoms. The van der Waals surface area contributed by atoms with E-state index in [4.69, 9.17) is 23.7 Å². The molecule has 0 radical (unpaired) electrons. The molecule has 1 aromatic heterocycles. The van der Waals surface area contributed by atoms with Crippen LogP contribution in [0.4, 0.5) is 0 Å². The lowest BCUT2D eigenvalue weighted by Crippen LogP contribution is -3.00. The first-order chi connectivity index (χ1) is 24.9. The first-order valence-corrected chi connectivity index (χ1v) is 18.3. The van der Waals surface area contributed by atoms with Crippen LogP contribution in [-0.4, -0.2) is 76.9 Å². The number of esters is 3. The fourth-order valence-corrected chi connectivity index (χ4v) is 9.23. The van der Waals surface area contributed by atoms with Crippen LogP contribution in [0.5, 0.6) is 0 Å². The zero-order chi connectivity index (χ0) is 36.9. The van der Waals surface area contributed by atoms with Crippen molar-refractivity contribution in [1.82, 2.24) is 4.57 Å². The molecule has 284 valence electrons. The van der Waals surface area contributed by atoms with Gasteiger partial charge in [0.25, 0.3) is 0 Å². The number of hydrogen-bond donors (Lipinski definition) is 1. The van der Waals surface area contributed by atoms with Crippen molar-refractivity contribution in [2.75, 3.05) is 7.11 Å². The third-order valence-corrected chi connectivity index (χ3v) is 11.8. The van der Waals surface area contributed by atoms with Gasteiger partial charge in [-0.25, -0.2) is 23.5 Å². The lowest BCUT2D eigenvalue weighted by Gasteiger charge is -2.49. The monoisotopic (exact) mass is 792 g/mol. The van der Waals surface area contributed by atoms with Crippen LogP contribution < -0.4 is 21.5 Å². The molecular weight excluding hydrogens is 744 g/mol. The Bertz CT molecular complexity index is 1850. The average Bonchev–Trinajstić information content (AvgIpc) is 3.85. The van der Waals surface area contributed by atoms with Crippen LogP contribution >= 0.6 is 0 Å². The zero-order valence-corrected chi connectivity index (χ0v) is 32.5. The number of carbonyl (C=O) groups excluding carboxylic acids is 3. The van der Waals surface area contributed by atoms with Gasteiger partial charge in [-0.05, 0) is 38.3 Å². The summed E-state index contributed by atoms with van der Waals surface area (Å²) in [5.41, 5.74) is 1.66. The van der Waals surface area contributed by atoms with Crippen LogP contribution in [-0.2, 0) is 46.9 Å². The molecule has 3 heterocycles. The van der Waals surface area contributed by atoms with E-state index in [0.717, 1.165) is 11.1 Å². The maximum atomic E-state index is 13.8. The van der Waals surface area contributed by atoms with E-state index in [-0.39, 0.29) is 41.2 Å². The van der Waals surface area contributed by atoms with E-state index in [9.17, 15) is 19.5 Å². The van der Waals surface area contributed by atoms with Crippen LogP contribution in [0.3, 0.4) is 0 Å². The van der Waals surface area contributed by atoms with E-state index in [0.29, 0.717) is 24.1 Å². The van der Waals surface area contributed by atoms with Crippen LogP contribution in [0.1, 0.15) is 56.5 Å². The Kier molecular flexibility index (Phi) is 11.4. The zero-order valence-electron chi connectivity index (χ0n) is 31.0. The minimum atomic E-state index is -1.01. The average molecular weight is 794 g/mol. The van der Waals surface area contributed by atoms with Gasteiger partial charge in [0.15, 0.2) is 6.10 Å². The third kappa shape index (κ3) is 6.99. The molecular formula is C41H49BrN2O9. The Hall–Kier alpha value is -3.84. The molecule has 2 aliphatic heterocycles. The number of halogens is 1. The van der Waals surface area contributed by atoms with E-state index in [1.165, 1.54) is 7.11 Å². The Morgan fingerprint density at radius 1 is 1.17 bits per heavy atom. The smallest absolute Gasteiger partial charge is 0.338 e. The van der Waals surface area contributed by atoms with Gasteiger partial charge in [-0.3, -0.25) is 0 Å². The maximum Gasteiger partial charge on any atom is 0.338 e. The largest absolute Gasteiger partial charge is 1.00 e. The number of methoxy groups -OCH3 is 1. The molecule has 2 fully saturated rings. The molecule has 1 saturated heterocycles. The number of cyclic esters (lactones) is 1. The van der Waals surface area contributed by atoms with Crippen LogP contribution in [0.2, 0.25) is 0 Å².